The zero-order valence-electron chi connectivity index (χ0n) is 10.1. The number of nitrogens with zero attached hydrogens (tertiary/aromatic N) is 1. The third-order valence-corrected chi connectivity index (χ3v) is 3.35. The van der Waals surface area contributed by atoms with Crippen LogP contribution in [0.2, 0.25) is 5.02 Å². The molecule has 0 spiro atoms. The van der Waals surface area contributed by atoms with Crippen molar-refractivity contribution in [2.75, 3.05) is 6.54 Å². The van der Waals surface area contributed by atoms with Crippen LogP contribution >= 0.6 is 11.6 Å². The lowest BCUT2D eigenvalue weighted by atomic mass is 10.1. The molecule has 4 heteroatoms. The van der Waals surface area contributed by atoms with Gasteiger partial charge in [-0.05, 0) is 18.6 Å². The summed E-state index contributed by atoms with van der Waals surface area (Å²) in [7, 11) is 0. The van der Waals surface area contributed by atoms with Gasteiger partial charge in [-0.3, -0.25) is 14.5 Å². The van der Waals surface area contributed by atoms with Crippen molar-refractivity contribution in [3.05, 3.63) is 40.9 Å². The Labute approximate surface area is 111 Å². The molecule has 1 aromatic carbocycles. The largest absolute Gasteiger partial charge is 0.282 e. The highest BCUT2D eigenvalue weighted by molar-refractivity contribution is 6.32. The van der Waals surface area contributed by atoms with E-state index in [9.17, 15) is 9.59 Å². The van der Waals surface area contributed by atoms with E-state index in [1.165, 1.54) is 4.90 Å². The fraction of sp³-hybridized carbons (Fsp3) is 0.286. The Bertz CT molecular complexity index is 510. The molecule has 2 amide bonds. The van der Waals surface area contributed by atoms with E-state index in [0.29, 0.717) is 11.6 Å². The molecule has 1 aromatic rings. The van der Waals surface area contributed by atoms with Gasteiger partial charge >= 0.3 is 0 Å². The fourth-order valence-corrected chi connectivity index (χ4v) is 2.22. The molecule has 0 radical (unpaired) electrons. The minimum atomic E-state index is -0.353. The Morgan fingerprint density at radius 2 is 2.11 bits per heavy atom. The highest BCUT2D eigenvalue weighted by atomic mass is 35.5. The van der Waals surface area contributed by atoms with Gasteiger partial charge in [-0.25, -0.2) is 0 Å². The van der Waals surface area contributed by atoms with Crippen LogP contribution in [0.4, 0.5) is 0 Å². The lowest BCUT2D eigenvalue weighted by Gasteiger charge is -2.09. The summed E-state index contributed by atoms with van der Waals surface area (Å²) < 4.78 is 0. The third kappa shape index (κ3) is 2.46. The monoisotopic (exact) mass is 263 g/mol. The second-order valence-corrected chi connectivity index (χ2v) is 4.57. The van der Waals surface area contributed by atoms with Crippen LogP contribution in [0, 0.1) is 5.92 Å². The number of likely N-dealkylation sites (tertiary alicyclic amines) is 1. The number of halogens is 1. The Morgan fingerprint density at radius 3 is 2.72 bits per heavy atom. The molecule has 18 heavy (non-hydrogen) atoms. The summed E-state index contributed by atoms with van der Waals surface area (Å²) in [6.07, 6.45) is 3.82. The van der Waals surface area contributed by atoms with E-state index in [-0.39, 0.29) is 24.2 Å². The van der Waals surface area contributed by atoms with Crippen molar-refractivity contribution in [3.63, 3.8) is 0 Å². The zero-order chi connectivity index (χ0) is 13.1. The number of carbonyl (C=O) groups is 2. The summed E-state index contributed by atoms with van der Waals surface area (Å²) in [5.41, 5.74) is 0.856. The number of imide groups is 1. The molecule has 0 bridgehead atoms. The Balaban J connectivity index is 2.14. The van der Waals surface area contributed by atoms with Crippen LogP contribution in [0.3, 0.4) is 0 Å². The van der Waals surface area contributed by atoms with Gasteiger partial charge in [-0.1, -0.05) is 42.0 Å². The maximum absolute atomic E-state index is 11.9. The van der Waals surface area contributed by atoms with Crippen LogP contribution < -0.4 is 0 Å². The fourth-order valence-electron chi connectivity index (χ4n) is 2.02. The standard InChI is InChI=1S/C14H14ClNO2/c1-2-16-13(17)9-11(14(16)18)8-7-10-5-3-4-6-12(10)15/h3-8,11H,2,9H2,1H3/b8-7+. The summed E-state index contributed by atoms with van der Waals surface area (Å²) in [4.78, 5) is 24.7. The minimum absolute atomic E-state index is 0.101. The molecule has 1 heterocycles. The van der Waals surface area contributed by atoms with Crippen LogP contribution in [0.1, 0.15) is 18.9 Å². The molecule has 2 rings (SSSR count). The second-order valence-electron chi connectivity index (χ2n) is 4.17. The number of carbonyl (C=O) groups excluding carboxylic acids is 2. The molecule has 94 valence electrons. The Hall–Kier alpha value is -1.61. The first kappa shape index (κ1) is 12.8. The van der Waals surface area contributed by atoms with E-state index in [1.54, 1.807) is 25.1 Å². The van der Waals surface area contributed by atoms with Gasteiger partial charge in [0, 0.05) is 18.0 Å². The van der Waals surface area contributed by atoms with Gasteiger partial charge in [-0.15, -0.1) is 0 Å². The molecule has 1 atom stereocenters. The molecule has 0 aliphatic carbocycles. The number of benzene rings is 1. The normalized spacial score (nSPS) is 20.1. The van der Waals surface area contributed by atoms with Gasteiger partial charge in [0.2, 0.25) is 11.8 Å². The quantitative estimate of drug-likeness (QED) is 0.787. The van der Waals surface area contributed by atoms with Gasteiger partial charge in [0.15, 0.2) is 0 Å². The van der Waals surface area contributed by atoms with Gasteiger partial charge in [0.05, 0.1) is 5.92 Å². The van der Waals surface area contributed by atoms with E-state index >= 15 is 0 Å². The van der Waals surface area contributed by atoms with E-state index in [4.69, 9.17) is 11.6 Å². The van der Waals surface area contributed by atoms with E-state index < -0.39 is 0 Å². The van der Waals surface area contributed by atoms with Crippen molar-refractivity contribution in [2.45, 2.75) is 13.3 Å². The minimum Gasteiger partial charge on any atom is -0.282 e. The van der Waals surface area contributed by atoms with Crippen molar-refractivity contribution in [3.8, 4) is 0 Å². The second kappa shape index (κ2) is 5.36. The molecular formula is C14H14ClNO2. The average molecular weight is 264 g/mol. The smallest absolute Gasteiger partial charge is 0.236 e. The Kier molecular flexibility index (Phi) is 3.82. The molecule has 1 saturated heterocycles. The van der Waals surface area contributed by atoms with E-state index in [0.717, 1.165) is 5.56 Å². The summed E-state index contributed by atoms with van der Waals surface area (Å²) in [5, 5.41) is 0.637. The lowest BCUT2D eigenvalue weighted by molar-refractivity contribution is -0.138. The maximum Gasteiger partial charge on any atom is 0.236 e. The number of rotatable bonds is 3. The summed E-state index contributed by atoms with van der Waals surface area (Å²) >= 11 is 6.02. The average Bonchev–Trinajstić information content (AvgIpc) is 2.63. The van der Waals surface area contributed by atoms with Crippen molar-refractivity contribution in [2.24, 2.45) is 5.92 Å². The molecule has 1 unspecified atom stereocenters. The lowest BCUT2D eigenvalue weighted by Crippen LogP contribution is -2.29. The van der Waals surface area contributed by atoms with Crippen LogP contribution in [-0.4, -0.2) is 23.3 Å². The summed E-state index contributed by atoms with van der Waals surface area (Å²) in [6.45, 7) is 2.24. The van der Waals surface area contributed by atoms with E-state index in [1.807, 2.05) is 18.2 Å². The Morgan fingerprint density at radius 1 is 1.39 bits per heavy atom. The van der Waals surface area contributed by atoms with Crippen molar-refractivity contribution in [1.29, 1.82) is 0 Å². The van der Waals surface area contributed by atoms with Gasteiger partial charge in [0.25, 0.3) is 0 Å². The SMILES string of the molecule is CCN1C(=O)CC(/C=C/c2ccccc2Cl)C1=O. The number of hydrogen-bond acceptors (Lipinski definition) is 2. The summed E-state index contributed by atoms with van der Waals surface area (Å²) in [6, 6.07) is 7.40. The first-order valence-electron chi connectivity index (χ1n) is 5.90. The third-order valence-electron chi connectivity index (χ3n) is 3.01. The number of hydrogen-bond donors (Lipinski definition) is 0. The van der Waals surface area contributed by atoms with Gasteiger partial charge < -0.3 is 0 Å². The molecule has 1 aliphatic heterocycles. The van der Waals surface area contributed by atoms with Crippen LogP contribution in [0.25, 0.3) is 6.08 Å². The molecule has 0 aromatic heterocycles. The summed E-state index contributed by atoms with van der Waals surface area (Å²) in [5.74, 6) is -0.573. The van der Waals surface area contributed by atoms with Gasteiger partial charge in [-0.2, -0.15) is 0 Å². The molecule has 1 fully saturated rings. The predicted molar refractivity (Wildman–Crippen MR) is 71.0 cm³/mol. The van der Waals surface area contributed by atoms with E-state index in [2.05, 4.69) is 0 Å². The molecule has 3 nitrogen and oxygen atoms in total. The molecule has 0 N–H and O–H groups in total. The molecule has 0 saturated carbocycles. The topological polar surface area (TPSA) is 37.4 Å². The first-order chi connectivity index (χ1) is 8.63. The first-order valence-corrected chi connectivity index (χ1v) is 6.28. The van der Waals surface area contributed by atoms with Gasteiger partial charge in [0.1, 0.15) is 0 Å². The van der Waals surface area contributed by atoms with Crippen LogP contribution in [0.15, 0.2) is 30.3 Å². The van der Waals surface area contributed by atoms with Crippen molar-refractivity contribution < 1.29 is 9.59 Å². The number of amides is 2. The van der Waals surface area contributed by atoms with Crippen molar-refractivity contribution in [1.82, 2.24) is 4.90 Å². The highest BCUT2D eigenvalue weighted by Crippen LogP contribution is 2.23. The van der Waals surface area contributed by atoms with Crippen LogP contribution in [0.5, 0.6) is 0 Å². The molecular weight excluding hydrogens is 250 g/mol. The van der Waals surface area contributed by atoms with Crippen LogP contribution in [-0.2, 0) is 9.59 Å². The van der Waals surface area contributed by atoms with Crippen molar-refractivity contribution >= 4 is 29.5 Å². The molecule has 1 aliphatic rings. The predicted octanol–water partition coefficient (Wildman–Crippen LogP) is 2.75. The maximum atomic E-state index is 11.9. The highest BCUT2D eigenvalue weighted by Gasteiger charge is 2.35. The zero-order valence-corrected chi connectivity index (χ0v) is 10.9.